The lowest BCUT2D eigenvalue weighted by molar-refractivity contribution is -0.279. The molecule has 1 aliphatic carbocycles. The molecule has 1 saturated heterocycles. The van der Waals surface area contributed by atoms with Gasteiger partial charge < -0.3 is 29.9 Å². The van der Waals surface area contributed by atoms with E-state index in [9.17, 15) is 34.8 Å². The van der Waals surface area contributed by atoms with Crippen LogP contribution >= 0.6 is 0 Å². The predicted molar refractivity (Wildman–Crippen MR) is 94.3 cm³/mol. The standard InChI is InChI=1S/C20H16O9/c21-13-8-4-1-2-5-9(8)14(22)12-10(13)6-3-7-11(12)28-20(27)18-16(24)15(23)17(25)19(26)29-18/h1-7,15-19,23-26H/t15-,16-,17+,18-,19+/m0/s1. The maximum atomic E-state index is 12.9. The molecule has 2 aromatic carbocycles. The van der Waals surface area contributed by atoms with Crippen molar-refractivity contribution in [3.05, 3.63) is 64.7 Å². The number of carbonyl (C=O) groups excluding carboxylic acids is 3. The van der Waals surface area contributed by atoms with Crippen LogP contribution in [-0.2, 0) is 9.53 Å². The highest BCUT2D eigenvalue weighted by atomic mass is 16.7. The Hall–Kier alpha value is -2.95. The van der Waals surface area contributed by atoms with E-state index in [0.717, 1.165) is 0 Å². The Kier molecular flexibility index (Phi) is 4.77. The predicted octanol–water partition coefficient (Wildman–Crippen LogP) is -0.833. The molecular formula is C20H16O9. The molecule has 2 aromatic rings. The Balaban J connectivity index is 1.67. The zero-order valence-corrected chi connectivity index (χ0v) is 14.8. The van der Waals surface area contributed by atoms with Crippen molar-refractivity contribution in [2.24, 2.45) is 0 Å². The molecule has 4 rings (SSSR count). The Morgan fingerprint density at radius 1 is 0.793 bits per heavy atom. The second kappa shape index (κ2) is 7.14. The van der Waals surface area contributed by atoms with Crippen LogP contribution in [0.1, 0.15) is 31.8 Å². The lowest BCUT2D eigenvalue weighted by Gasteiger charge is -2.36. The maximum Gasteiger partial charge on any atom is 0.343 e. The van der Waals surface area contributed by atoms with E-state index in [1.165, 1.54) is 30.3 Å². The third kappa shape index (κ3) is 3.05. The summed E-state index contributed by atoms with van der Waals surface area (Å²) in [6, 6.07) is 10.4. The molecule has 9 nitrogen and oxygen atoms in total. The number of ketones is 2. The summed E-state index contributed by atoms with van der Waals surface area (Å²) >= 11 is 0. The van der Waals surface area contributed by atoms with Crippen LogP contribution in [0.4, 0.5) is 0 Å². The average molecular weight is 400 g/mol. The van der Waals surface area contributed by atoms with Crippen molar-refractivity contribution in [3.63, 3.8) is 0 Å². The third-order valence-electron chi connectivity index (χ3n) is 4.95. The van der Waals surface area contributed by atoms with E-state index in [-0.39, 0.29) is 28.0 Å². The lowest BCUT2D eigenvalue weighted by Crippen LogP contribution is -2.60. The van der Waals surface area contributed by atoms with Gasteiger partial charge in [0.15, 0.2) is 24.0 Å². The number of aliphatic hydroxyl groups excluding tert-OH is 4. The number of benzene rings is 2. The van der Waals surface area contributed by atoms with Gasteiger partial charge in [-0.05, 0) is 6.07 Å². The van der Waals surface area contributed by atoms with E-state index < -0.39 is 48.2 Å². The molecule has 0 aromatic heterocycles. The van der Waals surface area contributed by atoms with Crippen molar-refractivity contribution in [2.75, 3.05) is 0 Å². The van der Waals surface area contributed by atoms with Crippen molar-refractivity contribution in [3.8, 4) is 5.75 Å². The van der Waals surface area contributed by atoms with E-state index in [0.29, 0.717) is 0 Å². The van der Waals surface area contributed by atoms with Crippen LogP contribution in [0.25, 0.3) is 0 Å². The quantitative estimate of drug-likeness (QED) is 0.319. The number of hydrogen-bond acceptors (Lipinski definition) is 9. The molecule has 5 atom stereocenters. The largest absolute Gasteiger partial charge is 0.424 e. The topological polar surface area (TPSA) is 151 Å². The highest BCUT2D eigenvalue weighted by molar-refractivity contribution is 6.29. The molecule has 0 spiro atoms. The minimum atomic E-state index is -1.93. The zero-order valence-electron chi connectivity index (χ0n) is 14.8. The molecule has 29 heavy (non-hydrogen) atoms. The van der Waals surface area contributed by atoms with Crippen molar-refractivity contribution >= 4 is 17.5 Å². The molecule has 0 saturated carbocycles. The smallest absolute Gasteiger partial charge is 0.343 e. The van der Waals surface area contributed by atoms with Gasteiger partial charge in [0.1, 0.15) is 24.1 Å². The third-order valence-corrected chi connectivity index (χ3v) is 4.95. The van der Waals surface area contributed by atoms with Gasteiger partial charge in [0.05, 0.1) is 5.56 Å². The Morgan fingerprint density at radius 3 is 2.10 bits per heavy atom. The van der Waals surface area contributed by atoms with Crippen molar-refractivity contribution in [1.82, 2.24) is 0 Å². The first-order valence-electron chi connectivity index (χ1n) is 8.72. The molecule has 1 aliphatic heterocycles. The summed E-state index contributed by atoms with van der Waals surface area (Å²) in [5.74, 6) is -2.36. The number of ether oxygens (including phenoxy) is 2. The Bertz CT molecular complexity index is 1010. The molecule has 0 bridgehead atoms. The fourth-order valence-corrected chi connectivity index (χ4v) is 3.42. The zero-order chi connectivity index (χ0) is 20.9. The normalized spacial score (nSPS) is 28.5. The van der Waals surface area contributed by atoms with Gasteiger partial charge in [-0.15, -0.1) is 0 Å². The molecule has 1 heterocycles. The van der Waals surface area contributed by atoms with Crippen LogP contribution in [0.15, 0.2) is 42.5 Å². The first-order chi connectivity index (χ1) is 13.8. The summed E-state index contributed by atoms with van der Waals surface area (Å²) in [5, 5.41) is 38.8. The number of hydrogen-bond donors (Lipinski definition) is 4. The fraction of sp³-hybridized carbons (Fsp3) is 0.250. The van der Waals surface area contributed by atoms with E-state index in [2.05, 4.69) is 0 Å². The minimum absolute atomic E-state index is 0.0552. The first kappa shape index (κ1) is 19.4. The van der Waals surface area contributed by atoms with Crippen molar-refractivity contribution < 1.29 is 44.3 Å². The van der Waals surface area contributed by atoms with E-state index in [1.54, 1.807) is 12.1 Å². The molecule has 150 valence electrons. The average Bonchev–Trinajstić information content (AvgIpc) is 2.73. The molecule has 9 heteroatoms. The van der Waals surface area contributed by atoms with Crippen LogP contribution in [0.3, 0.4) is 0 Å². The Labute approximate surface area is 163 Å². The van der Waals surface area contributed by atoms with Crippen LogP contribution in [0.2, 0.25) is 0 Å². The summed E-state index contributed by atoms with van der Waals surface area (Å²) < 4.78 is 10.0. The van der Waals surface area contributed by atoms with Gasteiger partial charge in [-0.3, -0.25) is 9.59 Å². The molecular weight excluding hydrogens is 384 g/mol. The van der Waals surface area contributed by atoms with E-state index in [1.807, 2.05) is 0 Å². The summed E-state index contributed by atoms with van der Waals surface area (Å²) in [6.07, 6.45) is -9.28. The highest BCUT2D eigenvalue weighted by Gasteiger charge is 2.47. The monoisotopic (exact) mass is 400 g/mol. The minimum Gasteiger partial charge on any atom is -0.424 e. The van der Waals surface area contributed by atoms with Gasteiger partial charge in [0, 0.05) is 16.7 Å². The van der Waals surface area contributed by atoms with Crippen LogP contribution < -0.4 is 4.74 Å². The summed E-state index contributed by atoms with van der Waals surface area (Å²) in [5.41, 5.74) is 0.340. The van der Waals surface area contributed by atoms with Gasteiger partial charge in [-0.25, -0.2) is 4.79 Å². The van der Waals surface area contributed by atoms with E-state index in [4.69, 9.17) is 9.47 Å². The summed E-state index contributed by atoms with van der Waals surface area (Å²) in [4.78, 5) is 38.1. The second-order valence-corrected chi connectivity index (χ2v) is 6.72. The van der Waals surface area contributed by atoms with E-state index >= 15 is 0 Å². The van der Waals surface area contributed by atoms with Crippen molar-refractivity contribution in [2.45, 2.75) is 30.7 Å². The number of rotatable bonds is 2. The van der Waals surface area contributed by atoms with Crippen LogP contribution in [0.5, 0.6) is 5.75 Å². The number of aliphatic hydroxyl groups is 4. The molecule has 2 aliphatic rings. The van der Waals surface area contributed by atoms with Gasteiger partial charge in [0.2, 0.25) is 0 Å². The molecule has 1 fully saturated rings. The molecule has 0 unspecified atom stereocenters. The highest BCUT2D eigenvalue weighted by Crippen LogP contribution is 2.33. The van der Waals surface area contributed by atoms with Gasteiger partial charge in [-0.2, -0.15) is 0 Å². The summed E-state index contributed by atoms with van der Waals surface area (Å²) in [7, 11) is 0. The number of carbonyl (C=O) groups is 3. The molecule has 0 amide bonds. The van der Waals surface area contributed by atoms with Crippen molar-refractivity contribution in [1.29, 1.82) is 0 Å². The second-order valence-electron chi connectivity index (χ2n) is 6.72. The maximum absolute atomic E-state index is 12.9. The van der Waals surface area contributed by atoms with Crippen LogP contribution in [0, 0.1) is 0 Å². The lowest BCUT2D eigenvalue weighted by atomic mass is 9.83. The van der Waals surface area contributed by atoms with Gasteiger partial charge in [-0.1, -0.05) is 36.4 Å². The molecule has 0 radical (unpaired) electrons. The number of fused-ring (bicyclic) bond motifs is 2. The first-order valence-corrected chi connectivity index (χ1v) is 8.72. The van der Waals surface area contributed by atoms with Gasteiger partial charge >= 0.3 is 5.97 Å². The fourth-order valence-electron chi connectivity index (χ4n) is 3.42. The van der Waals surface area contributed by atoms with Gasteiger partial charge in [0.25, 0.3) is 0 Å². The summed E-state index contributed by atoms with van der Waals surface area (Å²) in [6.45, 7) is 0. The Morgan fingerprint density at radius 2 is 1.41 bits per heavy atom. The molecule has 4 N–H and O–H groups in total. The van der Waals surface area contributed by atoms with Crippen LogP contribution in [-0.4, -0.2) is 68.7 Å². The SMILES string of the molecule is O=C1c2ccccc2C(=O)c2c(OC(=O)[C@H]3O[C@@H](O)[C@H](O)[C@@H](O)[C@@H]3O)cccc21. The number of esters is 1.